The lowest BCUT2D eigenvalue weighted by Crippen LogP contribution is -2.47. The molecule has 2 heterocycles. The topological polar surface area (TPSA) is 68.2 Å². The van der Waals surface area contributed by atoms with Gasteiger partial charge in [0.25, 0.3) is 0 Å². The first-order chi connectivity index (χ1) is 12.2. The average Bonchev–Trinajstić information content (AvgIpc) is 2.99. The minimum Gasteiger partial charge on any atom is -0.384 e. The van der Waals surface area contributed by atoms with Crippen LogP contribution < -0.4 is 10.6 Å². The number of nitrogens with zero attached hydrogens (tertiary/aromatic N) is 2. The molecule has 1 aliphatic heterocycles. The van der Waals surface area contributed by atoms with E-state index in [1.54, 1.807) is 7.11 Å². The third kappa shape index (κ3) is 4.02. The molecule has 25 heavy (non-hydrogen) atoms. The van der Waals surface area contributed by atoms with Gasteiger partial charge < -0.3 is 19.9 Å². The molecule has 1 aromatic carbocycles. The third-order valence-corrected chi connectivity index (χ3v) is 5.13. The van der Waals surface area contributed by atoms with Gasteiger partial charge in [-0.2, -0.15) is 0 Å². The molecule has 1 saturated heterocycles. The molecule has 0 spiro atoms. The van der Waals surface area contributed by atoms with Crippen molar-refractivity contribution in [2.45, 2.75) is 32.7 Å². The normalized spacial score (nSPS) is 16.9. The summed E-state index contributed by atoms with van der Waals surface area (Å²) >= 11 is 0. The number of carbonyl (C=O) groups is 1. The highest BCUT2D eigenvalue weighted by Gasteiger charge is 2.32. The van der Waals surface area contributed by atoms with Gasteiger partial charge >= 0.3 is 0 Å². The summed E-state index contributed by atoms with van der Waals surface area (Å²) in [4.78, 5) is 17.2. The van der Waals surface area contributed by atoms with Crippen molar-refractivity contribution in [2.24, 2.45) is 5.41 Å². The van der Waals surface area contributed by atoms with Crippen LogP contribution in [0, 0.1) is 5.41 Å². The maximum atomic E-state index is 12.6. The van der Waals surface area contributed by atoms with Gasteiger partial charge in [0.1, 0.15) is 12.4 Å². The van der Waals surface area contributed by atoms with Gasteiger partial charge in [0, 0.05) is 25.5 Å². The summed E-state index contributed by atoms with van der Waals surface area (Å²) in [7, 11) is 1.73. The van der Waals surface area contributed by atoms with Crippen molar-refractivity contribution in [1.29, 1.82) is 0 Å². The van der Waals surface area contributed by atoms with Crippen molar-refractivity contribution in [1.82, 2.24) is 20.2 Å². The summed E-state index contributed by atoms with van der Waals surface area (Å²) in [6, 6.07) is 7.98. The monoisotopic (exact) mass is 344 g/mol. The van der Waals surface area contributed by atoms with E-state index in [2.05, 4.69) is 22.5 Å². The SMILES string of the molecule is CCc1nc2ccccc2n1CC(=O)NCC1(COC)CCNCC1. The first-order valence-corrected chi connectivity index (χ1v) is 9.08. The summed E-state index contributed by atoms with van der Waals surface area (Å²) < 4.78 is 7.45. The van der Waals surface area contributed by atoms with Crippen molar-refractivity contribution in [3.05, 3.63) is 30.1 Å². The maximum Gasteiger partial charge on any atom is 0.240 e. The molecule has 6 heteroatoms. The van der Waals surface area contributed by atoms with Gasteiger partial charge in [0.2, 0.25) is 5.91 Å². The van der Waals surface area contributed by atoms with E-state index in [0.717, 1.165) is 49.2 Å². The average molecular weight is 344 g/mol. The maximum absolute atomic E-state index is 12.6. The summed E-state index contributed by atoms with van der Waals surface area (Å²) in [6.45, 7) is 5.68. The summed E-state index contributed by atoms with van der Waals surface area (Å²) in [5.41, 5.74) is 2.00. The molecule has 0 aliphatic carbocycles. The van der Waals surface area contributed by atoms with E-state index in [-0.39, 0.29) is 11.3 Å². The molecule has 0 unspecified atom stereocenters. The molecule has 136 valence electrons. The quantitative estimate of drug-likeness (QED) is 0.803. The summed E-state index contributed by atoms with van der Waals surface area (Å²) in [6.07, 6.45) is 2.85. The van der Waals surface area contributed by atoms with E-state index < -0.39 is 0 Å². The predicted molar refractivity (Wildman–Crippen MR) is 98.5 cm³/mol. The minimum absolute atomic E-state index is 0.0341. The number of hydrogen-bond donors (Lipinski definition) is 2. The Balaban J connectivity index is 1.68. The van der Waals surface area contributed by atoms with Crippen LogP contribution in [0.4, 0.5) is 0 Å². The van der Waals surface area contributed by atoms with Crippen molar-refractivity contribution in [3.63, 3.8) is 0 Å². The number of amides is 1. The molecule has 1 fully saturated rings. The number of hydrogen-bond acceptors (Lipinski definition) is 4. The third-order valence-electron chi connectivity index (χ3n) is 5.13. The molecular formula is C19H28N4O2. The summed E-state index contributed by atoms with van der Waals surface area (Å²) in [5.74, 6) is 0.983. The van der Waals surface area contributed by atoms with Crippen LogP contribution in [-0.4, -0.2) is 48.8 Å². The Morgan fingerprint density at radius 3 is 2.84 bits per heavy atom. The highest BCUT2D eigenvalue weighted by molar-refractivity contribution is 5.81. The molecule has 1 aromatic heterocycles. The number of aryl methyl sites for hydroxylation is 1. The largest absolute Gasteiger partial charge is 0.384 e. The number of methoxy groups -OCH3 is 1. The number of imidazole rings is 1. The molecule has 0 saturated carbocycles. The van der Waals surface area contributed by atoms with E-state index in [1.807, 2.05) is 28.8 Å². The van der Waals surface area contributed by atoms with E-state index in [4.69, 9.17) is 4.74 Å². The van der Waals surface area contributed by atoms with E-state index >= 15 is 0 Å². The van der Waals surface area contributed by atoms with Gasteiger partial charge in [-0.05, 0) is 38.1 Å². The molecular weight excluding hydrogens is 316 g/mol. The van der Waals surface area contributed by atoms with Crippen LogP contribution in [0.3, 0.4) is 0 Å². The fraction of sp³-hybridized carbons (Fsp3) is 0.579. The van der Waals surface area contributed by atoms with Gasteiger partial charge in [0.05, 0.1) is 17.6 Å². The number of ether oxygens (including phenoxy) is 1. The molecule has 0 bridgehead atoms. The van der Waals surface area contributed by atoms with Gasteiger partial charge in [-0.15, -0.1) is 0 Å². The number of nitrogens with one attached hydrogen (secondary N) is 2. The first-order valence-electron chi connectivity index (χ1n) is 9.08. The van der Waals surface area contributed by atoms with Crippen molar-refractivity contribution < 1.29 is 9.53 Å². The van der Waals surface area contributed by atoms with Crippen LogP contribution in [0.25, 0.3) is 11.0 Å². The molecule has 2 aromatic rings. The van der Waals surface area contributed by atoms with E-state index in [9.17, 15) is 4.79 Å². The lowest BCUT2D eigenvalue weighted by atomic mass is 9.79. The Labute approximate surface area is 149 Å². The Morgan fingerprint density at radius 2 is 2.12 bits per heavy atom. The fourth-order valence-electron chi connectivity index (χ4n) is 3.69. The minimum atomic E-state index is 0.0341. The number of aromatic nitrogens is 2. The van der Waals surface area contributed by atoms with Gasteiger partial charge in [-0.25, -0.2) is 4.98 Å². The lowest BCUT2D eigenvalue weighted by molar-refractivity contribution is -0.122. The second-order valence-electron chi connectivity index (χ2n) is 6.92. The van der Waals surface area contributed by atoms with Gasteiger partial charge in [-0.1, -0.05) is 19.1 Å². The Kier molecular flexibility index (Phi) is 5.71. The van der Waals surface area contributed by atoms with Crippen LogP contribution in [0.15, 0.2) is 24.3 Å². The number of fused-ring (bicyclic) bond motifs is 1. The molecule has 1 amide bonds. The van der Waals surface area contributed by atoms with Crippen LogP contribution in [-0.2, 0) is 22.5 Å². The number of carbonyl (C=O) groups excluding carboxylic acids is 1. The Hall–Kier alpha value is -1.92. The molecule has 2 N–H and O–H groups in total. The lowest BCUT2D eigenvalue weighted by Gasteiger charge is -2.37. The molecule has 0 atom stereocenters. The fourth-order valence-corrected chi connectivity index (χ4v) is 3.69. The standard InChI is InChI=1S/C19H28N4O2/c1-3-17-22-15-6-4-5-7-16(15)23(17)12-18(24)21-13-19(14-25-2)8-10-20-11-9-19/h4-7,20H,3,8-14H2,1-2H3,(H,21,24). The predicted octanol–water partition coefficient (Wildman–Crippen LogP) is 1.73. The van der Waals surface area contributed by atoms with Gasteiger partial charge in [-0.3, -0.25) is 4.79 Å². The number of para-hydroxylation sites is 2. The molecule has 0 radical (unpaired) electrons. The molecule has 1 aliphatic rings. The number of rotatable bonds is 7. The first kappa shape index (κ1) is 17.9. The van der Waals surface area contributed by atoms with Gasteiger partial charge in [0.15, 0.2) is 0 Å². The van der Waals surface area contributed by atoms with Crippen LogP contribution in [0.2, 0.25) is 0 Å². The summed E-state index contributed by atoms with van der Waals surface area (Å²) in [5, 5.41) is 6.51. The number of benzene rings is 1. The zero-order valence-corrected chi connectivity index (χ0v) is 15.2. The Morgan fingerprint density at radius 1 is 1.36 bits per heavy atom. The number of piperidine rings is 1. The van der Waals surface area contributed by atoms with Crippen LogP contribution in [0.5, 0.6) is 0 Å². The highest BCUT2D eigenvalue weighted by atomic mass is 16.5. The molecule has 6 nitrogen and oxygen atoms in total. The van der Waals surface area contributed by atoms with Crippen molar-refractivity contribution in [3.8, 4) is 0 Å². The van der Waals surface area contributed by atoms with Crippen LogP contribution in [0.1, 0.15) is 25.6 Å². The van der Waals surface area contributed by atoms with E-state index in [1.165, 1.54) is 0 Å². The van der Waals surface area contributed by atoms with E-state index in [0.29, 0.717) is 19.7 Å². The van der Waals surface area contributed by atoms with Crippen molar-refractivity contribution in [2.75, 3.05) is 33.4 Å². The zero-order valence-electron chi connectivity index (χ0n) is 15.2. The zero-order chi connectivity index (χ0) is 17.7. The smallest absolute Gasteiger partial charge is 0.240 e. The van der Waals surface area contributed by atoms with Crippen molar-refractivity contribution >= 4 is 16.9 Å². The molecule has 3 rings (SSSR count). The Bertz CT molecular complexity index is 714. The highest BCUT2D eigenvalue weighted by Crippen LogP contribution is 2.28. The van der Waals surface area contributed by atoms with Crippen LogP contribution >= 0.6 is 0 Å². The second kappa shape index (κ2) is 7.97. The second-order valence-corrected chi connectivity index (χ2v) is 6.92.